The number of rotatable bonds is 3. The van der Waals surface area contributed by atoms with Crippen LogP contribution in [0.4, 0.5) is 18.9 Å². The zero-order chi connectivity index (χ0) is 14.0. The van der Waals surface area contributed by atoms with Gasteiger partial charge >= 0.3 is 0 Å². The first-order valence-corrected chi connectivity index (χ1v) is 6.47. The summed E-state index contributed by atoms with van der Waals surface area (Å²) in [5.41, 5.74) is 0.604. The predicted molar refractivity (Wildman–Crippen MR) is 72.8 cm³/mol. The van der Waals surface area contributed by atoms with E-state index in [0.29, 0.717) is 16.7 Å². The maximum Gasteiger partial charge on any atom is 0.161 e. The fourth-order valence-corrected chi connectivity index (χ4v) is 2.25. The first-order chi connectivity index (χ1) is 8.97. The van der Waals surface area contributed by atoms with Crippen LogP contribution in [0, 0.1) is 17.5 Å². The molecule has 6 heteroatoms. The van der Waals surface area contributed by atoms with Gasteiger partial charge in [0.05, 0.1) is 5.69 Å². The third-order valence-corrected chi connectivity index (χ3v) is 3.34. The van der Waals surface area contributed by atoms with Crippen LogP contribution in [0.2, 0.25) is 5.02 Å². The fraction of sp³-hybridized carbons (Fsp3) is 0.0769. The van der Waals surface area contributed by atoms with Crippen LogP contribution in [0.25, 0.3) is 0 Å². The molecule has 0 bridgehead atoms. The SMILES string of the molecule is Fc1cc(F)c(NCc2ccc(Br)cc2Cl)cc1F. The Morgan fingerprint density at radius 1 is 1.00 bits per heavy atom. The molecule has 0 amide bonds. The van der Waals surface area contributed by atoms with E-state index in [-0.39, 0.29) is 12.2 Å². The molecule has 0 saturated heterocycles. The van der Waals surface area contributed by atoms with E-state index >= 15 is 0 Å². The lowest BCUT2D eigenvalue weighted by Crippen LogP contribution is -2.03. The summed E-state index contributed by atoms with van der Waals surface area (Å²) in [6, 6.07) is 6.50. The van der Waals surface area contributed by atoms with E-state index in [0.717, 1.165) is 10.5 Å². The highest BCUT2D eigenvalue weighted by Gasteiger charge is 2.10. The molecule has 0 heterocycles. The standard InChI is InChI=1S/C13H8BrClF3N/c14-8-2-1-7(9(15)3-8)6-19-13-5-11(17)10(16)4-12(13)18/h1-5,19H,6H2. The second-order valence-electron chi connectivity index (χ2n) is 3.84. The van der Waals surface area contributed by atoms with Crippen LogP contribution >= 0.6 is 27.5 Å². The minimum Gasteiger partial charge on any atom is -0.378 e. The maximum atomic E-state index is 13.4. The topological polar surface area (TPSA) is 12.0 Å². The van der Waals surface area contributed by atoms with Gasteiger partial charge in [-0.05, 0) is 17.7 Å². The summed E-state index contributed by atoms with van der Waals surface area (Å²) in [6.45, 7) is 0.202. The summed E-state index contributed by atoms with van der Waals surface area (Å²) >= 11 is 9.26. The lowest BCUT2D eigenvalue weighted by molar-refractivity contribution is 0.496. The van der Waals surface area contributed by atoms with Gasteiger partial charge < -0.3 is 5.32 Å². The molecule has 100 valence electrons. The van der Waals surface area contributed by atoms with Crippen LogP contribution in [0.3, 0.4) is 0 Å². The van der Waals surface area contributed by atoms with Gasteiger partial charge in [-0.2, -0.15) is 0 Å². The first kappa shape index (κ1) is 14.2. The highest BCUT2D eigenvalue weighted by Crippen LogP contribution is 2.24. The molecule has 0 saturated carbocycles. The molecule has 1 N–H and O–H groups in total. The Morgan fingerprint density at radius 3 is 2.37 bits per heavy atom. The van der Waals surface area contributed by atoms with Gasteiger partial charge in [0.1, 0.15) is 5.82 Å². The van der Waals surface area contributed by atoms with Crippen LogP contribution in [0.15, 0.2) is 34.8 Å². The highest BCUT2D eigenvalue weighted by atomic mass is 79.9. The molecule has 0 unspecified atom stereocenters. The van der Waals surface area contributed by atoms with Crippen LogP contribution in [0.1, 0.15) is 5.56 Å². The van der Waals surface area contributed by atoms with Gasteiger partial charge in [-0.25, -0.2) is 13.2 Å². The number of hydrogen-bond acceptors (Lipinski definition) is 1. The normalized spacial score (nSPS) is 10.6. The summed E-state index contributed by atoms with van der Waals surface area (Å²) in [6.07, 6.45) is 0. The van der Waals surface area contributed by atoms with Crippen molar-refractivity contribution in [1.82, 2.24) is 0 Å². The Kier molecular flexibility index (Phi) is 4.37. The van der Waals surface area contributed by atoms with Crippen molar-refractivity contribution >= 4 is 33.2 Å². The van der Waals surface area contributed by atoms with Crippen molar-refractivity contribution in [2.24, 2.45) is 0 Å². The Balaban J connectivity index is 2.16. The van der Waals surface area contributed by atoms with Gasteiger partial charge in [-0.15, -0.1) is 0 Å². The van der Waals surface area contributed by atoms with E-state index in [2.05, 4.69) is 21.2 Å². The van der Waals surface area contributed by atoms with Gasteiger partial charge in [0.15, 0.2) is 11.6 Å². The first-order valence-electron chi connectivity index (χ1n) is 5.29. The second kappa shape index (κ2) is 5.84. The van der Waals surface area contributed by atoms with Crippen molar-refractivity contribution < 1.29 is 13.2 Å². The largest absolute Gasteiger partial charge is 0.378 e. The number of halogens is 5. The molecule has 0 aliphatic rings. The lowest BCUT2D eigenvalue weighted by Gasteiger charge is -2.09. The fourth-order valence-electron chi connectivity index (χ4n) is 1.51. The quantitative estimate of drug-likeness (QED) is 0.757. The van der Waals surface area contributed by atoms with Crippen LogP contribution in [-0.4, -0.2) is 0 Å². The molecule has 0 atom stereocenters. The third kappa shape index (κ3) is 3.42. The maximum absolute atomic E-state index is 13.4. The number of hydrogen-bond donors (Lipinski definition) is 1. The van der Waals surface area contributed by atoms with Crippen LogP contribution in [0.5, 0.6) is 0 Å². The Labute approximate surface area is 121 Å². The van der Waals surface area contributed by atoms with E-state index in [4.69, 9.17) is 11.6 Å². The molecule has 1 nitrogen and oxygen atoms in total. The van der Waals surface area contributed by atoms with E-state index in [1.807, 2.05) is 0 Å². The summed E-state index contributed by atoms with van der Waals surface area (Å²) in [5.74, 6) is -3.18. The summed E-state index contributed by atoms with van der Waals surface area (Å²) in [5, 5.41) is 3.17. The average Bonchev–Trinajstić information content (AvgIpc) is 2.34. The summed E-state index contributed by atoms with van der Waals surface area (Å²) in [4.78, 5) is 0. The smallest absolute Gasteiger partial charge is 0.161 e. The molecule has 0 radical (unpaired) electrons. The number of benzene rings is 2. The van der Waals surface area contributed by atoms with Crippen LogP contribution in [-0.2, 0) is 6.54 Å². The molecule has 2 rings (SSSR count). The van der Waals surface area contributed by atoms with Gasteiger partial charge in [0.2, 0.25) is 0 Å². The predicted octanol–water partition coefficient (Wildman–Crippen LogP) is 5.13. The number of anilines is 1. The Bertz CT molecular complexity index is 619. The molecule has 0 aliphatic heterocycles. The zero-order valence-electron chi connectivity index (χ0n) is 9.48. The Hall–Kier alpha value is -1.20. The van der Waals surface area contributed by atoms with Crippen molar-refractivity contribution in [3.05, 3.63) is 62.8 Å². The van der Waals surface area contributed by atoms with Crippen molar-refractivity contribution in [2.45, 2.75) is 6.54 Å². The molecule has 0 aliphatic carbocycles. The average molecular weight is 351 g/mol. The van der Waals surface area contributed by atoms with Gasteiger partial charge in [-0.1, -0.05) is 33.6 Å². The van der Waals surface area contributed by atoms with Crippen molar-refractivity contribution in [3.8, 4) is 0 Å². The van der Waals surface area contributed by atoms with E-state index in [9.17, 15) is 13.2 Å². The van der Waals surface area contributed by atoms with Gasteiger partial charge in [-0.3, -0.25) is 0 Å². The van der Waals surface area contributed by atoms with Crippen LogP contribution < -0.4 is 5.32 Å². The van der Waals surface area contributed by atoms with E-state index < -0.39 is 17.5 Å². The number of nitrogens with one attached hydrogen (secondary N) is 1. The second-order valence-corrected chi connectivity index (χ2v) is 5.16. The molecule has 0 aromatic heterocycles. The van der Waals surface area contributed by atoms with E-state index in [1.54, 1.807) is 18.2 Å². The molecular weight excluding hydrogens is 343 g/mol. The lowest BCUT2D eigenvalue weighted by atomic mass is 10.2. The van der Waals surface area contributed by atoms with E-state index in [1.165, 1.54) is 0 Å². The molecule has 2 aromatic rings. The minimum atomic E-state index is -1.22. The monoisotopic (exact) mass is 349 g/mol. The Morgan fingerprint density at radius 2 is 1.68 bits per heavy atom. The molecular formula is C13H8BrClF3N. The van der Waals surface area contributed by atoms with Crippen molar-refractivity contribution in [1.29, 1.82) is 0 Å². The molecule has 19 heavy (non-hydrogen) atoms. The van der Waals surface area contributed by atoms with Gasteiger partial charge in [0, 0.05) is 28.2 Å². The van der Waals surface area contributed by atoms with Crippen molar-refractivity contribution in [2.75, 3.05) is 5.32 Å². The molecule has 0 fully saturated rings. The molecule has 2 aromatic carbocycles. The zero-order valence-corrected chi connectivity index (χ0v) is 11.8. The minimum absolute atomic E-state index is 0.113. The molecule has 0 spiro atoms. The third-order valence-electron chi connectivity index (χ3n) is 2.49. The van der Waals surface area contributed by atoms with Crippen molar-refractivity contribution in [3.63, 3.8) is 0 Å². The van der Waals surface area contributed by atoms with Gasteiger partial charge in [0.25, 0.3) is 0 Å². The highest BCUT2D eigenvalue weighted by molar-refractivity contribution is 9.10. The summed E-state index contributed by atoms with van der Waals surface area (Å²) < 4.78 is 40.0. The summed E-state index contributed by atoms with van der Waals surface area (Å²) in [7, 11) is 0.